The van der Waals surface area contributed by atoms with Crippen molar-refractivity contribution in [1.82, 2.24) is 0 Å². The highest BCUT2D eigenvalue weighted by Crippen LogP contribution is 2.22. The third kappa shape index (κ3) is 1.57. The van der Waals surface area contributed by atoms with Gasteiger partial charge in [-0.15, -0.1) is 0 Å². The number of allylic oxidation sites excluding steroid dienone is 4. The Bertz CT molecular complexity index is 280. The Labute approximate surface area is 71.0 Å². The molecule has 3 heteroatoms. The van der Waals surface area contributed by atoms with Gasteiger partial charge in [-0.1, -0.05) is 0 Å². The van der Waals surface area contributed by atoms with Crippen LogP contribution in [0, 0.1) is 0 Å². The van der Waals surface area contributed by atoms with Crippen molar-refractivity contribution in [2.24, 2.45) is 0 Å². The first-order valence-corrected chi connectivity index (χ1v) is 3.55. The van der Waals surface area contributed by atoms with Crippen LogP contribution < -0.4 is 0 Å². The van der Waals surface area contributed by atoms with E-state index < -0.39 is 0 Å². The molecule has 0 N–H and O–H groups in total. The second-order valence-corrected chi connectivity index (χ2v) is 2.33. The summed E-state index contributed by atoms with van der Waals surface area (Å²) in [4.78, 5) is 10.4. The van der Waals surface area contributed by atoms with Gasteiger partial charge in [-0.2, -0.15) is 0 Å². The second kappa shape index (κ2) is 3.79. The van der Waals surface area contributed by atoms with E-state index in [0.717, 1.165) is 5.76 Å². The van der Waals surface area contributed by atoms with Gasteiger partial charge in [0.1, 0.15) is 17.5 Å². The molecule has 1 aliphatic rings. The van der Waals surface area contributed by atoms with Crippen LogP contribution in [-0.4, -0.2) is 20.2 Å². The summed E-state index contributed by atoms with van der Waals surface area (Å²) in [6.07, 6.45) is 3.93. The lowest BCUT2D eigenvalue weighted by atomic mass is 10.1. The van der Waals surface area contributed by atoms with Crippen molar-refractivity contribution in [2.45, 2.75) is 6.42 Å². The van der Waals surface area contributed by atoms with Crippen LogP contribution in [0.3, 0.4) is 0 Å². The minimum atomic E-state index is 0.458. The molecule has 3 nitrogen and oxygen atoms in total. The van der Waals surface area contributed by atoms with Crippen LogP contribution in [-0.2, 0) is 14.3 Å². The molecular formula is C9H10O3. The van der Waals surface area contributed by atoms with Crippen LogP contribution in [0.25, 0.3) is 0 Å². The maximum absolute atomic E-state index is 10.4. The van der Waals surface area contributed by atoms with E-state index in [0.29, 0.717) is 17.8 Å². The minimum Gasteiger partial charge on any atom is -0.501 e. The summed E-state index contributed by atoms with van der Waals surface area (Å²) in [5.41, 5.74) is 0.497. The Balaban J connectivity index is 2.93. The van der Waals surface area contributed by atoms with Gasteiger partial charge in [-0.25, -0.2) is 4.79 Å². The normalized spacial score (nSPS) is 16.0. The molecule has 0 radical (unpaired) electrons. The number of hydrogen-bond donors (Lipinski definition) is 0. The molecule has 0 bridgehead atoms. The third-order valence-corrected chi connectivity index (χ3v) is 1.67. The number of carbonyl (C=O) groups excluding carboxylic acids is 1. The molecule has 0 saturated heterocycles. The van der Waals surface area contributed by atoms with E-state index >= 15 is 0 Å². The van der Waals surface area contributed by atoms with Crippen molar-refractivity contribution in [1.29, 1.82) is 0 Å². The van der Waals surface area contributed by atoms with Crippen LogP contribution in [0.2, 0.25) is 0 Å². The van der Waals surface area contributed by atoms with Gasteiger partial charge in [0.2, 0.25) is 0 Å². The van der Waals surface area contributed by atoms with E-state index in [2.05, 4.69) is 0 Å². The predicted molar refractivity (Wildman–Crippen MR) is 44.0 cm³/mol. The Hall–Kier alpha value is -1.47. The first-order valence-electron chi connectivity index (χ1n) is 3.55. The Kier molecular flexibility index (Phi) is 2.72. The van der Waals surface area contributed by atoms with Gasteiger partial charge in [0, 0.05) is 6.42 Å². The fourth-order valence-corrected chi connectivity index (χ4v) is 1.01. The standard InChI is InChI=1S/C9H10O3/c1-11-8-3-4-9(12-2)7(5-8)6-10/h3-4H,5H2,1-2H3. The van der Waals surface area contributed by atoms with Gasteiger partial charge in [-0.05, 0) is 12.2 Å². The summed E-state index contributed by atoms with van der Waals surface area (Å²) in [5, 5.41) is 0. The van der Waals surface area contributed by atoms with Crippen LogP contribution in [0.5, 0.6) is 0 Å². The van der Waals surface area contributed by atoms with E-state index in [4.69, 9.17) is 9.47 Å². The highest BCUT2D eigenvalue weighted by molar-refractivity contribution is 5.62. The monoisotopic (exact) mass is 166 g/mol. The average Bonchev–Trinajstić information content (AvgIpc) is 2.16. The smallest absolute Gasteiger partial charge is 0.133 e. The summed E-state index contributed by atoms with van der Waals surface area (Å²) in [6, 6.07) is 0. The molecule has 0 aromatic heterocycles. The summed E-state index contributed by atoms with van der Waals surface area (Å²) in [7, 11) is 3.09. The summed E-state index contributed by atoms with van der Waals surface area (Å²) < 4.78 is 9.93. The molecule has 0 aromatic carbocycles. The second-order valence-electron chi connectivity index (χ2n) is 2.33. The average molecular weight is 166 g/mol. The minimum absolute atomic E-state index is 0.458. The Morgan fingerprint density at radius 1 is 1.33 bits per heavy atom. The molecule has 1 rings (SSSR count). The molecule has 0 amide bonds. The highest BCUT2D eigenvalue weighted by Gasteiger charge is 2.13. The van der Waals surface area contributed by atoms with Gasteiger partial charge < -0.3 is 9.47 Å². The molecule has 0 spiro atoms. The fourth-order valence-electron chi connectivity index (χ4n) is 1.01. The summed E-state index contributed by atoms with van der Waals surface area (Å²) in [6.45, 7) is 0. The molecule has 0 atom stereocenters. The molecule has 0 aliphatic heterocycles. The largest absolute Gasteiger partial charge is 0.501 e. The Morgan fingerprint density at radius 2 is 2.08 bits per heavy atom. The van der Waals surface area contributed by atoms with Crippen LogP contribution in [0.15, 0.2) is 29.2 Å². The molecule has 0 fully saturated rings. The molecular weight excluding hydrogens is 156 g/mol. The van der Waals surface area contributed by atoms with Crippen molar-refractivity contribution < 1.29 is 14.3 Å². The first kappa shape index (κ1) is 8.62. The quantitative estimate of drug-likeness (QED) is 0.578. The van der Waals surface area contributed by atoms with E-state index in [-0.39, 0.29) is 0 Å². The van der Waals surface area contributed by atoms with Gasteiger partial charge in [0.25, 0.3) is 0 Å². The lowest BCUT2D eigenvalue weighted by molar-refractivity contribution is 0.266. The van der Waals surface area contributed by atoms with Crippen molar-refractivity contribution in [3.05, 3.63) is 29.2 Å². The molecule has 1 aliphatic carbocycles. The van der Waals surface area contributed by atoms with Crippen LogP contribution in [0.4, 0.5) is 0 Å². The lowest BCUT2D eigenvalue weighted by Gasteiger charge is -2.13. The first-order chi connectivity index (χ1) is 5.81. The van der Waals surface area contributed by atoms with Gasteiger partial charge >= 0.3 is 0 Å². The van der Waals surface area contributed by atoms with Crippen LogP contribution >= 0.6 is 0 Å². The van der Waals surface area contributed by atoms with Gasteiger partial charge in [-0.3, -0.25) is 0 Å². The highest BCUT2D eigenvalue weighted by atomic mass is 16.5. The summed E-state index contributed by atoms with van der Waals surface area (Å²) in [5.74, 6) is 3.13. The SMILES string of the molecule is COC1=CC=C(OC)C(=C=O)C1. The maximum Gasteiger partial charge on any atom is 0.133 e. The van der Waals surface area contributed by atoms with Crippen molar-refractivity contribution >= 4 is 5.94 Å². The molecule has 0 saturated carbocycles. The molecule has 64 valence electrons. The number of methoxy groups -OCH3 is 2. The number of ether oxygens (including phenoxy) is 2. The van der Waals surface area contributed by atoms with E-state index in [1.54, 1.807) is 19.3 Å². The van der Waals surface area contributed by atoms with Gasteiger partial charge in [0.05, 0.1) is 19.8 Å². The van der Waals surface area contributed by atoms with Gasteiger partial charge in [0.15, 0.2) is 0 Å². The van der Waals surface area contributed by atoms with E-state index in [9.17, 15) is 4.79 Å². The van der Waals surface area contributed by atoms with E-state index in [1.165, 1.54) is 7.11 Å². The van der Waals surface area contributed by atoms with Crippen LogP contribution in [0.1, 0.15) is 6.42 Å². The topological polar surface area (TPSA) is 35.5 Å². The third-order valence-electron chi connectivity index (χ3n) is 1.67. The maximum atomic E-state index is 10.4. The van der Waals surface area contributed by atoms with Crippen molar-refractivity contribution in [3.63, 3.8) is 0 Å². The zero-order valence-corrected chi connectivity index (χ0v) is 7.09. The molecule has 0 unspecified atom stereocenters. The fraction of sp³-hybridized carbons (Fsp3) is 0.333. The zero-order chi connectivity index (χ0) is 8.97. The lowest BCUT2D eigenvalue weighted by Crippen LogP contribution is -2.01. The number of hydrogen-bond acceptors (Lipinski definition) is 3. The molecule has 12 heavy (non-hydrogen) atoms. The predicted octanol–water partition coefficient (Wildman–Crippen LogP) is 1.21. The van der Waals surface area contributed by atoms with Crippen molar-refractivity contribution in [3.8, 4) is 0 Å². The zero-order valence-electron chi connectivity index (χ0n) is 7.09. The molecule has 0 heterocycles. The van der Waals surface area contributed by atoms with Crippen molar-refractivity contribution in [2.75, 3.05) is 14.2 Å². The Morgan fingerprint density at radius 3 is 2.58 bits per heavy atom. The molecule has 0 aromatic rings. The summed E-state index contributed by atoms with van der Waals surface area (Å²) >= 11 is 0. The van der Waals surface area contributed by atoms with E-state index in [1.807, 2.05) is 5.94 Å². The number of rotatable bonds is 2.